The molecule has 0 amide bonds. The van der Waals surface area contributed by atoms with Crippen molar-refractivity contribution in [3.05, 3.63) is 18.0 Å². The maximum absolute atomic E-state index is 5.27. The predicted octanol–water partition coefficient (Wildman–Crippen LogP) is 2.25. The lowest BCUT2D eigenvalue weighted by Gasteiger charge is -2.07. The molecule has 5 nitrogen and oxygen atoms in total. The van der Waals surface area contributed by atoms with E-state index in [1.807, 2.05) is 12.1 Å². The van der Waals surface area contributed by atoms with E-state index in [1.165, 1.54) is 0 Å². The van der Waals surface area contributed by atoms with E-state index in [1.54, 1.807) is 14.2 Å². The smallest absolute Gasteiger partial charge is 0.163 e. The third-order valence-corrected chi connectivity index (χ3v) is 2.93. The van der Waals surface area contributed by atoms with E-state index in [0.29, 0.717) is 11.5 Å². The van der Waals surface area contributed by atoms with E-state index in [0.717, 1.165) is 23.4 Å². The van der Waals surface area contributed by atoms with Crippen LogP contribution in [0.1, 0.15) is 25.7 Å². The second kappa shape index (κ2) is 5.27. The SMILES string of the molecule is CCNC(C)c1nc2cc(OC)c(OC)cc2[nH]1. The molecule has 0 spiro atoms. The lowest BCUT2D eigenvalue weighted by Crippen LogP contribution is -2.18. The molecular formula is C13H19N3O2. The van der Waals surface area contributed by atoms with E-state index in [9.17, 15) is 0 Å². The monoisotopic (exact) mass is 249 g/mol. The van der Waals surface area contributed by atoms with Crippen molar-refractivity contribution in [2.45, 2.75) is 19.9 Å². The number of nitrogens with zero attached hydrogens (tertiary/aromatic N) is 1. The van der Waals surface area contributed by atoms with E-state index < -0.39 is 0 Å². The lowest BCUT2D eigenvalue weighted by atomic mass is 10.3. The highest BCUT2D eigenvalue weighted by atomic mass is 16.5. The van der Waals surface area contributed by atoms with Crippen molar-refractivity contribution in [1.82, 2.24) is 15.3 Å². The topological polar surface area (TPSA) is 59.2 Å². The molecule has 98 valence electrons. The Balaban J connectivity index is 2.44. The van der Waals surface area contributed by atoms with Crippen molar-refractivity contribution in [3.8, 4) is 11.5 Å². The Hall–Kier alpha value is -1.75. The molecule has 1 heterocycles. The van der Waals surface area contributed by atoms with Gasteiger partial charge < -0.3 is 19.8 Å². The van der Waals surface area contributed by atoms with Gasteiger partial charge in [-0.25, -0.2) is 4.98 Å². The van der Waals surface area contributed by atoms with Gasteiger partial charge >= 0.3 is 0 Å². The molecule has 2 N–H and O–H groups in total. The van der Waals surface area contributed by atoms with Gasteiger partial charge in [-0.05, 0) is 13.5 Å². The number of imidazole rings is 1. The fourth-order valence-corrected chi connectivity index (χ4v) is 1.96. The molecule has 1 unspecified atom stereocenters. The largest absolute Gasteiger partial charge is 0.493 e. The summed E-state index contributed by atoms with van der Waals surface area (Å²) < 4.78 is 10.5. The second-order valence-electron chi connectivity index (χ2n) is 4.13. The van der Waals surface area contributed by atoms with Crippen molar-refractivity contribution in [2.75, 3.05) is 20.8 Å². The zero-order valence-electron chi connectivity index (χ0n) is 11.2. The van der Waals surface area contributed by atoms with Gasteiger partial charge in [0.2, 0.25) is 0 Å². The Morgan fingerprint density at radius 1 is 1.28 bits per heavy atom. The van der Waals surface area contributed by atoms with Crippen LogP contribution in [0.15, 0.2) is 12.1 Å². The highest BCUT2D eigenvalue weighted by molar-refractivity contribution is 5.79. The zero-order valence-corrected chi connectivity index (χ0v) is 11.2. The Kier molecular flexibility index (Phi) is 3.72. The summed E-state index contributed by atoms with van der Waals surface area (Å²) in [5, 5.41) is 3.32. The molecule has 5 heteroatoms. The van der Waals surface area contributed by atoms with Gasteiger partial charge in [-0.1, -0.05) is 6.92 Å². The molecule has 0 fully saturated rings. The third-order valence-electron chi connectivity index (χ3n) is 2.93. The molecule has 18 heavy (non-hydrogen) atoms. The molecule has 2 aromatic rings. The highest BCUT2D eigenvalue weighted by Crippen LogP contribution is 2.31. The van der Waals surface area contributed by atoms with Gasteiger partial charge in [0.05, 0.1) is 31.3 Å². The number of hydrogen-bond acceptors (Lipinski definition) is 4. The predicted molar refractivity (Wildman–Crippen MR) is 71.3 cm³/mol. The first-order valence-electron chi connectivity index (χ1n) is 6.04. The lowest BCUT2D eigenvalue weighted by molar-refractivity contribution is 0.356. The summed E-state index contributed by atoms with van der Waals surface area (Å²) in [4.78, 5) is 7.86. The van der Waals surface area contributed by atoms with Crippen LogP contribution in [0.2, 0.25) is 0 Å². The number of aromatic amines is 1. The number of methoxy groups -OCH3 is 2. The molecule has 0 radical (unpaired) electrons. The summed E-state index contributed by atoms with van der Waals surface area (Å²) in [6.07, 6.45) is 0. The van der Waals surface area contributed by atoms with E-state index in [-0.39, 0.29) is 6.04 Å². The summed E-state index contributed by atoms with van der Waals surface area (Å²) >= 11 is 0. The van der Waals surface area contributed by atoms with Gasteiger partial charge in [-0.15, -0.1) is 0 Å². The first kappa shape index (κ1) is 12.7. The normalized spacial score (nSPS) is 12.7. The molecule has 0 aliphatic rings. The summed E-state index contributed by atoms with van der Waals surface area (Å²) in [5.74, 6) is 2.32. The van der Waals surface area contributed by atoms with Crippen molar-refractivity contribution >= 4 is 11.0 Å². The average molecular weight is 249 g/mol. The number of rotatable bonds is 5. The van der Waals surface area contributed by atoms with Gasteiger partial charge in [-0.3, -0.25) is 0 Å². The Bertz CT molecular complexity index is 495. The maximum Gasteiger partial charge on any atom is 0.163 e. The minimum atomic E-state index is 0.194. The quantitative estimate of drug-likeness (QED) is 0.853. The average Bonchev–Trinajstić information content (AvgIpc) is 2.80. The third kappa shape index (κ3) is 2.26. The number of hydrogen-bond donors (Lipinski definition) is 2. The van der Waals surface area contributed by atoms with Crippen molar-refractivity contribution in [3.63, 3.8) is 0 Å². The maximum atomic E-state index is 5.27. The Morgan fingerprint density at radius 3 is 2.56 bits per heavy atom. The number of aromatic nitrogens is 2. The molecule has 0 saturated heterocycles. The minimum absolute atomic E-state index is 0.194. The fourth-order valence-electron chi connectivity index (χ4n) is 1.96. The fraction of sp³-hybridized carbons (Fsp3) is 0.462. The van der Waals surface area contributed by atoms with Gasteiger partial charge in [0.1, 0.15) is 5.82 Å². The Morgan fingerprint density at radius 2 is 1.94 bits per heavy atom. The Labute approximate surface area is 107 Å². The van der Waals surface area contributed by atoms with Crippen molar-refractivity contribution in [1.29, 1.82) is 0 Å². The molecule has 0 saturated carbocycles. The number of nitrogens with one attached hydrogen (secondary N) is 2. The molecule has 1 aromatic heterocycles. The number of ether oxygens (including phenoxy) is 2. The van der Waals surface area contributed by atoms with E-state index in [4.69, 9.17) is 9.47 Å². The number of fused-ring (bicyclic) bond motifs is 1. The molecular weight excluding hydrogens is 230 g/mol. The first-order chi connectivity index (χ1) is 8.69. The molecule has 0 bridgehead atoms. The van der Waals surface area contributed by atoms with Gasteiger partial charge in [0.25, 0.3) is 0 Å². The van der Waals surface area contributed by atoms with Crippen LogP contribution in [0.25, 0.3) is 11.0 Å². The molecule has 0 aliphatic heterocycles. The second-order valence-corrected chi connectivity index (χ2v) is 4.13. The first-order valence-corrected chi connectivity index (χ1v) is 6.04. The summed E-state index contributed by atoms with van der Waals surface area (Å²) in [6, 6.07) is 3.98. The summed E-state index contributed by atoms with van der Waals surface area (Å²) in [6.45, 7) is 5.06. The van der Waals surface area contributed by atoms with Gasteiger partial charge in [-0.2, -0.15) is 0 Å². The molecule has 1 aromatic carbocycles. The number of benzene rings is 1. The van der Waals surface area contributed by atoms with E-state index in [2.05, 4.69) is 29.1 Å². The van der Waals surface area contributed by atoms with Crippen LogP contribution in [0.4, 0.5) is 0 Å². The van der Waals surface area contributed by atoms with Crippen LogP contribution < -0.4 is 14.8 Å². The summed E-state index contributed by atoms with van der Waals surface area (Å²) in [7, 11) is 3.25. The van der Waals surface area contributed by atoms with Crippen LogP contribution in [0, 0.1) is 0 Å². The van der Waals surface area contributed by atoms with Crippen LogP contribution in [0.3, 0.4) is 0 Å². The molecule has 1 atom stereocenters. The van der Waals surface area contributed by atoms with Crippen LogP contribution in [-0.2, 0) is 0 Å². The van der Waals surface area contributed by atoms with Crippen LogP contribution in [-0.4, -0.2) is 30.7 Å². The van der Waals surface area contributed by atoms with Crippen molar-refractivity contribution < 1.29 is 9.47 Å². The zero-order chi connectivity index (χ0) is 13.1. The van der Waals surface area contributed by atoms with E-state index >= 15 is 0 Å². The molecule has 2 rings (SSSR count). The standard InChI is InChI=1S/C13H19N3O2/c1-5-14-8(2)13-15-9-6-11(17-3)12(18-4)7-10(9)16-13/h6-8,14H,5H2,1-4H3,(H,15,16). The van der Waals surface area contributed by atoms with Crippen LogP contribution >= 0.6 is 0 Å². The van der Waals surface area contributed by atoms with Crippen LogP contribution in [0.5, 0.6) is 11.5 Å². The molecule has 0 aliphatic carbocycles. The minimum Gasteiger partial charge on any atom is -0.493 e. The van der Waals surface area contributed by atoms with Gasteiger partial charge in [0, 0.05) is 12.1 Å². The van der Waals surface area contributed by atoms with Gasteiger partial charge in [0.15, 0.2) is 11.5 Å². The summed E-state index contributed by atoms with van der Waals surface area (Å²) in [5.41, 5.74) is 1.83. The van der Waals surface area contributed by atoms with Crippen molar-refractivity contribution in [2.24, 2.45) is 0 Å². The number of H-pyrrole nitrogens is 1. The highest BCUT2D eigenvalue weighted by Gasteiger charge is 2.13.